The molecule has 0 saturated heterocycles. The van der Waals surface area contributed by atoms with Crippen LogP contribution in [0, 0.1) is 5.92 Å². The number of para-hydroxylation sites is 1. The molecular formula is C13H18N2O2. The fraction of sp³-hybridized carbons (Fsp3) is 0.462. The van der Waals surface area contributed by atoms with E-state index in [0.29, 0.717) is 13.1 Å². The van der Waals surface area contributed by atoms with Gasteiger partial charge in [0.2, 0.25) is 5.91 Å². The Morgan fingerprint density at radius 1 is 1.59 bits per heavy atom. The van der Waals surface area contributed by atoms with Gasteiger partial charge in [0, 0.05) is 25.4 Å². The molecule has 0 bridgehead atoms. The molecule has 1 aliphatic heterocycles. The molecule has 1 amide bonds. The molecule has 2 rings (SSSR count). The van der Waals surface area contributed by atoms with Crippen LogP contribution in [-0.4, -0.2) is 30.7 Å². The van der Waals surface area contributed by atoms with Crippen molar-refractivity contribution in [3.63, 3.8) is 0 Å². The second-order valence-corrected chi connectivity index (χ2v) is 4.55. The lowest BCUT2D eigenvalue weighted by Crippen LogP contribution is -2.34. The van der Waals surface area contributed by atoms with Crippen LogP contribution in [-0.2, 0) is 4.79 Å². The van der Waals surface area contributed by atoms with Crippen molar-refractivity contribution in [1.29, 1.82) is 0 Å². The lowest BCUT2D eigenvalue weighted by atomic mass is 10.0. The summed E-state index contributed by atoms with van der Waals surface area (Å²) < 4.78 is 0. The van der Waals surface area contributed by atoms with Gasteiger partial charge in [0.25, 0.3) is 0 Å². The summed E-state index contributed by atoms with van der Waals surface area (Å²) in [5, 5.41) is 15.0. The Labute approximate surface area is 101 Å². The molecule has 17 heavy (non-hydrogen) atoms. The molecule has 0 saturated carbocycles. The van der Waals surface area contributed by atoms with Crippen LogP contribution in [0.3, 0.4) is 0 Å². The van der Waals surface area contributed by atoms with Crippen molar-refractivity contribution in [2.24, 2.45) is 5.92 Å². The minimum atomic E-state index is -0.114. The number of fused-ring (bicyclic) bond motifs is 1. The second-order valence-electron chi connectivity index (χ2n) is 4.55. The molecule has 92 valence electrons. The SMILES string of the molecule is CC(CO)CNC(=O)C1CNc2ccccc21. The largest absolute Gasteiger partial charge is 0.396 e. The minimum absolute atomic E-state index is 0.0303. The Morgan fingerprint density at radius 2 is 2.35 bits per heavy atom. The molecule has 1 aromatic carbocycles. The molecule has 0 aromatic heterocycles. The predicted molar refractivity (Wildman–Crippen MR) is 66.9 cm³/mol. The van der Waals surface area contributed by atoms with Crippen LogP contribution in [0.25, 0.3) is 0 Å². The third-order valence-corrected chi connectivity index (χ3v) is 3.09. The van der Waals surface area contributed by atoms with Crippen molar-refractivity contribution < 1.29 is 9.90 Å². The molecular weight excluding hydrogens is 216 g/mol. The lowest BCUT2D eigenvalue weighted by Gasteiger charge is -2.13. The second kappa shape index (κ2) is 5.19. The number of anilines is 1. The normalized spacial score (nSPS) is 19.3. The number of rotatable bonds is 4. The summed E-state index contributed by atoms with van der Waals surface area (Å²) in [5.74, 6) is 0.0170. The van der Waals surface area contributed by atoms with Crippen LogP contribution in [0.2, 0.25) is 0 Å². The number of aliphatic hydroxyl groups excluding tert-OH is 1. The summed E-state index contributed by atoms with van der Waals surface area (Å²) in [4.78, 5) is 12.0. The summed E-state index contributed by atoms with van der Waals surface area (Å²) in [6.45, 7) is 3.17. The van der Waals surface area contributed by atoms with Gasteiger partial charge in [-0.15, -0.1) is 0 Å². The van der Waals surface area contributed by atoms with E-state index in [1.54, 1.807) is 0 Å². The lowest BCUT2D eigenvalue weighted by molar-refractivity contribution is -0.122. The summed E-state index contributed by atoms with van der Waals surface area (Å²) in [6.07, 6.45) is 0. The van der Waals surface area contributed by atoms with Crippen molar-refractivity contribution in [1.82, 2.24) is 5.32 Å². The Balaban J connectivity index is 1.98. The van der Waals surface area contributed by atoms with E-state index in [4.69, 9.17) is 5.11 Å². The van der Waals surface area contributed by atoms with E-state index >= 15 is 0 Å². The fourth-order valence-corrected chi connectivity index (χ4v) is 1.98. The van der Waals surface area contributed by atoms with Crippen LogP contribution < -0.4 is 10.6 Å². The van der Waals surface area contributed by atoms with Crippen LogP contribution >= 0.6 is 0 Å². The van der Waals surface area contributed by atoms with Crippen LogP contribution in [0.1, 0.15) is 18.4 Å². The quantitative estimate of drug-likeness (QED) is 0.726. The molecule has 0 fully saturated rings. The number of carbonyl (C=O) groups is 1. The molecule has 3 N–H and O–H groups in total. The van der Waals surface area contributed by atoms with Gasteiger partial charge in [-0.1, -0.05) is 25.1 Å². The van der Waals surface area contributed by atoms with E-state index in [9.17, 15) is 4.79 Å². The smallest absolute Gasteiger partial charge is 0.229 e. The van der Waals surface area contributed by atoms with Gasteiger partial charge in [0.05, 0.1) is 5.92 Å². The Bertz CT molecular complexity index is 406. The zero-order valence-electron chi connectivity index (χ0n) is 9.94. The number of amides is 1. The summed E-state index contributed by atoms with van der Waals surface area (Å²) in [7, 11) is 0. The highest BCUT2D eigenvalue weighted by atomic mass is 16.3. The molecule has 2 unspecified atom stereocenters. The average Bonchev–Trinajstić information content (AvgIpc) is 2.79. The van der Waals surface area contributed by atoms with Gasteiger partial charge < -0.3 is 15.7 Å². The molecule has 4 nitrogen and oxygen atoms in total. The number of hydrogen-bond donors (Lipinski definition) is 3. The van der Waals surface area contributed by atoms with E-state index in [-0.39, 0.29) is 24.3 Å². The zero-order valence-corrected chi connectivity index (χ0v) is 9.94. The number of carbonyl (C=O) groups excluding carboxylic acids is 1. The number of hydrogen-bond acceptors (Lipinski definition) is 3. The first kappa shape index (κ1) is 11.9. The van der Waals surface area contributed by atoms with E-state index in [2.05, 4.69) is 10.6 Å². The Morgan fingerprint density at radius 3 is 3.12 bits per heavy atom. The van der Waals surface area contributed by atoms with Crippen LogP contribution in [0.15, 0.2) is 24.3 Å². The Kier molecular flexibility index (Phi) is 3.64. The molecule has 0 radical (unpaired) electrons. The van der Waals surface area contributed by atoms with E-state index in [0.717, 1.165) is 11.3 Å². The van der Waals surface area contributed by atoms with Gasteiger partial charge in [-0.05, 0) is 17.5 Å². The van der Waals surface area contributed by atoms with Crippen molar-refractivity contribution in [2.45, 2.75) is 12.8 Å². The highest BCUT2D eigenvalue weighted by Crippen LogP contribution is 2.30. The maximum Gasteiger partial charge on any atom is 0.229 e. The van der Waals surface area contributed by atoms with E-state index in [1.807, 2.05) is 31.2 Å². The molecule has 1 aromatic rings. The average molecular weight is 234 g/mol. The highest BCUT2D eigenvalue weighted by molar-refractivity contribution is 5.88. The van der Waals surface area contributed by atoms with Gasteiger partial charge in [-0.3, -0.25) is 4.79 Å². The summed E-state index contributed by atoms with van der Waals surface area (Å²) >= 11 is 0. The summed E-state index contributed by atoms with van der Waals surface area (Å²) in [6, 6.07) is 7.87. The number of nitrogens with one attached hydrogen (secondary N) is 2. The Hall–Kier alpha value is -1.55. The molecule has 1 heterocycles. The molecule has 1 aliphatic rings. The van der Waals surface area contributed by atoms with Gasteiger partial charge in [-0.2, -0.15) is 0 Å². The minimum Gasteiger partial charge on any atom is -0.396 e. The van der Waals surface area contributed by atoms with E-state index < -0.39 is 0 Å². The fourth-order valence-electron chi connectivity index (χ4n) is 1.98. The van der Waals surface area contributed by atoms with Gasteiger partial charge in [-0.25, -0.2) is 0 Å². The number of aliphatic hydroxyl groups is 1. The van der Waals surface area contributed by atoms with Gasteiger partial charge in [0.15, 0.2) is 0 Å². The summed E-state index contributed by atoms with van der Waals surface area (Å²) in [5.41, 5.74) is 2.10. The van der Waals surface area contributed by atoms with Crippen LogP contribution in [0.5, 0.6) is 0 Å². The first-order chi connectivity index (χ1) is 8.22. The highest BCUT2D eigenvalue weighted by Gasteiger charge is 2.27. The standard InChI is InChI=1S/C13H18N2O2/c1-9(8-16)6-15-13(17)11-7-14-12-5-3-2-4-10(11)12/h2-5,9,11,14,16H,6-8H2,1H3,(H,15,17). The van der Waals surface area contributed by atoms with Crippen molar-refractivity contribution in [3.8, 4) is 0 Å². The maximum absolute atomic E-state index is 12.0. The number of benzene rings is 1. The first-order valence-electron chi connectivity index (χ1n) is 5.93. The van der Waals surface area contributed by atoms with Crippen molar-refractivity contribution >= 4 is 11.6 Å². The third-order valence-electron chi connectivity index (χ3n) is 3.09. The van der Waals surface area contributed by atoms with E-state index in [1.165, 1.54) is 0 Å². The first-order valence-corrected chi connectivity index (χ1v) is 5.93. The van der Waals surface area contributed by atoms with Gasteiger partial charge in [0.1, 0.15) is 0 Å². The molecule has 0 spiro atoms. The molecule has 0 aliphatic carbocycles. The maximum atomic E-state index is 12.0. The van der Waals surface area contributed by atoms with Crippen molar-refractivity contribution in [2.75, 3.05) is 25.0 Å². The molecule has 2 atom stereocenters. The van der Waals surface area contributed by atoms with Crippen LogP contribution in [0.4, 0.5) is 5.69 Å². The monoisotopic (exact) mass is 234 g/mol. The van der Waals surface area contributed by atoms with Gasteiger partial charge >= 0.3 is 0 Å². The topological polar surface area (TPSA) is 61.4 Å². The zero-order chi connectivity index (χ0) is 12.3. The molecule has 4 heteroatoms. The predicted octanol–water partition coefficient (Wildman–Crippen LogP) is 0.940. The third kappa shape index (κ3) is 2.58. The van der Waals surface area contributed by atoms with Crippen molar-refractivity contribution in [3.05, 3.63) is 29.8 Å².